The topological polar surface area (TPSA) is 47.1 Å². The van der Waals surface area contributed by atoms with Gasteiger partial charge in [0.05, 0.1) is 0 Å². The molecule has 2 heterocycles. The van der Waals surface area contributed by atoms with Gasteiger partial charge in [-0.15, -0.1) is 0 Å². The van der Waals surface area contributed by atoms with Crippen molar-refractivity contribution in [2.45, 2.75) is 32.9 Å². The Morgan fingerprint density at radius 1 is 1.53 bits per heavy atom. The van der Waals surface area contributed by atoms with Gasteiger partial charge in [-0.05, 0) is 12.3 Å². The van der Waals surface area contributed by atoms with E-state index in [4.69, 9.17) is 5.73 Å². The fourth-order valence-corrected chi connectivity index (χ4v) is 2.16. The number of nitrogens with zero attached hydrogens (tertiary/aromatic N) is 3. The van der Waals surface area contributed by atoms with Gasteiger partial charge >= 0.3 is 0 Å². The summed E-state index contributed by atoms with van der Waals surface area (Å²) in [6.45, 7) is 7.39. The highest BCUT2D eigenvalue weighted by atomic mass is 15.3. The summed E-state index contributed by atoms with van der Waals surface area (Å²) in [5, 5.41) is 0. The number of nitrogens with two attached hydrogens (primary N) is 1. The van der Waals surface area contributed by atoms with Gasteiger partial charge in [-0.1, -0.05) is 13.8 Å². The van der Waals surface area contributed by atoms with Gasteiger partial charge in [0, 0.05) is 38.1 Å². The van der Waals surface area contributed by atoms with Crippen LogP contribution in [0.5, 0.6) is 0 Å². The monoisotopic (exact) mass is 208 g/mol. The summed E-state index contributed by atoms with van der Waals surface area (Å²) >= 11 is 0. The van der Waals surface area contributed by atoms with E-state index in [9.17, 15) is 0 Å². The van der Waals surface area contributed by atoms with Crippen LogP contribution in [-0.2, 0) is 6.54 Å². The van der Waals surface area contributed by atoms with Crippen molar-refractivity contribution in [3.63, 3.8) is 0 Å². The largest absolute Gasteiger partial charge is 0.340 e. The minimum Gasteiger partial charge on any atom is -0.340 e. The Kier molecular flexibility index (Phi) is 2.95. The average molecular weight is 208 g/mol. The van der Waals surface area contributed by atoms with Gasteiger partial charge in [-0.25, -0.2) is 4.98 Å². The Hall–Kier alpha value is -1.03. The molecule has 1 aromatic rings. The van der Waals surface area contributed by atoms with Crippen molar-refractivity contribution in [3.8, 4) is 0 Å². The molecule has 84 valence electrons. The van der Waals surface area contributed by atoms with E-state index in [1.54, 1.807) is 0 Å². The molecule has 0 aromatic carbocycles. The van der Waals surface area contributed by atoms with Crippen molar-refractivity contribution in [1.82, 2.24) is 9.55 Å². The Bertz CT molecular complexity index is 310. The van der Waals surface area contributed by atoms with E-state index in [2.05, 4.69) is 28.3 Å². The zero-order valence-corrected chi connectivity index (χ0v) is 9.56. The van der Waals surface area contributed by atoms with E-state index in [0.717, 1.165) is 32.0 Å². The van der Waals surface area contributed by atoms with Crippen molar-refractivity contribution in [1.29, 1.82) is 0 Å². The second-order valence-corrected chi connectivity index (χ2v) is 4.47. The van der Waals surface area contributed by atoms with Gasteiger partial charge in [0.15, 0.2) is 0 Å². The molecule has 2 rings (SSSR count). The van der Waals surface area contributed by atoms with E-state index in [-0.39, 0.29) is 6.04 Å². The van der Waals surface area contributed by atoms with E-state index >= 15 is 0 Å². The molecule has 2 atom stereocenters. The molecule has 2 unspecified atom stereocenters. The van der Waals surface area contributed by atoms with Crippen LogP contribution >= 0.6 is 0 Å². The Morgan fingerprint density at radius 2 is 2.33 bits per heavy atom. The molecule has 0 aliphatic carbocycles. The van der Waals surface area contributed by atoms with Gasteiger partial charge in [-0.2, -0.15) is 0 Å². The molecule has 4 nitrogen and oxygen atoms in total. The minimum atomic E-state index is 0.289. The second kappa shape index (κ2) is 4.23. The maximum Gasteiger partial charge on any atom is 0.205 e. The molecule has 1 aromatic heterocycles. The van der Waals surface area contributed by atoms with Crippen LogP contribution < -0.4 is 10.6 Å². The predicted molar refractivity (Wildman–Crippen MR) is 61.9 cm³/mol. The number of imidazole rings is 1. The number of aromatic nitrogens is 2. The van der Waals surface area contributed by atoms with Gasteiger partial charge in [0.2, 0.25) is 5.95 Å². The zero-order valence-electron chi connectivity index (χ0n) is 9.56. The third-order valence-corrected chi connectivity index (χ3v) is 3.11. The Balaban J connectivity index is 2.12. The van der Waals surface area contributed by atoms with E-state index in [1.165, 1.54) is 0 Å². The lowest BCUT2D eigenvalue weighted by Gasteiger charge is -2.18. The van der Waals surface area contributed by atoms with Gasteiger partial charge in [0.25, 0.3) is 0 Å². The first kappa shape index (κ1) is 10.5. The SMILES string of the molecule is CCCn1ccnc1N1CC(C)C(N)C1. The molecule has 0 amide bonds. The molecule has 0 bridgehead atoms. The summed E-state index contributed by atoms with van der Waals surface area (Å²) in [4.78, 5) is 6.72. The molecule has 1 fully saturated rings. The molecular formula is C11H20N4. The third kappa shape index (κ3) is 2.00. The van der Waals surface area contributed by atoms with Crippen LogP contribution in [0.2, 0.25) is 0 Å². The lowest BCUT2D eigenvalue weighted by atomic mass is 10.1. The lowest BCUT2D eigenvalue weighted by molar-refractivity contribution is 0.565. The Labute approximate surface area is 91.1 Å². The minimum absolute atomic E-state index is 0.289. The summed E-state index contributed by atoms with van der Waals surface area (Å²) in [6, 6.07) is 0.289. The number of anilines is 1. The number of hydrogen-bond donors (Lipinski definition) is 1. The normalized spacial score (nSPS) is 26.2. The first-order valence-corrected chi connectivity index (χ1v) is 5.74. The summed E-state index contributed by atoms with van der Waals surface area (Å²) < 4.78 is 2.21. The fraction of sp³-hybridized carbons (Fsp3) is 0.727. The summed E-state index contributed by atoms with van der Waals surface area (Å²) in [5.41, 5.74) is 6.02. The van der Waals surface area contributed by atoms with Crippen molar-refractivity contribution in [2.24, 2.45) is 11.7 Å². The summed E-state index contributed by atoms with van der Waals surface area (Å²) in [5.74, 6) is 1.65. The lowest BCUT2D eigenvalue weighted by Crippen LogP contribution is -2.29. The van der Waals surface area contributed by atoms with Crippen molar-refractivity contribution in [3.05, 3.63) is 12.4 Å². The fourth-order valence-electron chi connectivity index (χ4n) is 2.16. The average Bonchev–Trinajstić information content (AvgIpc) is 2.76. The van der Waals surface area contributed by atoms with Crippen LogP contribution in [-0.4, -0.2) is 28.7 Å². The number of rotatable bonds is 3. The smallest absolute Gasteiger partial charge is 0.205 e. The molecule has 0 saturated carbocycles. The third-order valence-electron chi connectivity index (χ3n) is 3.11. The first-order valence-electron chi connectivity index (χ1n) is 5.74. The summed E-state index contributed by atoms with van der Waals surface area (Å²) in [6.07, 6.45) is 5.06. The highest BCUT2D eigenvalue weighted by molar-refractivity contribution is 5.34. The summed E-state index contributed by atoms with van der Waals surface area (Å²) in [7, 11) is 0. The Morgan fingerprint density at radius 3 is 2.93 bits per heavy atom. The highest BCUT2D eigenvalue weighted by Gasteiger charge is 2.28. The molecule has 1 aliphatic heterocycles. The molecule has 1 saturated heterocycles. The van der Waals surface area contributed by atoms with Crippen molar-refractivity contribution >= 4 is 5.95 Å². The number of hydrogen-bond acceptors (Lipinski definition) is 3. The van der Waals surface area contributed by atoms with Crippen molar-refractivity contribution < 1.29 is 0 Å². The second-order valence-electron chi connectivity index (χ2n) is 4.47. The van der Waals surface area contributed by atoms with Crippen LogP contribution in [0.1, 0.15) is 20.3 Å². The van der Waals surface area contributed by atoms with Crippen molar-refractivity contribution in [2.75, 3.05) is 18.0 Å². The molecule has 2 N–H and O–H groups in total. The molecular weight excluding hydrogens is 188 g/mol. The zero-order chi connectivity index (χ0) is 10.8. The van der Waals surface area contributed by atoms with E-state index in [1.807, 2.05) is 12.4 Å². The predicted octanol–water partition coefficient (Wildman–Crippen LogP) is 1.08. The van der Waals surface area contributed by atoms with Gasteiger partial charge in [0.1, 0.15) is 0 Å². The van der Waals surface area contributed by atoms with E-state index < -0.39 is 0 Å². The number of aryl methyl sites for hydroxylation is 1. The van der Waals surface area contributed by atoms with Crippen LogP contribution in [0, 0.1) is 5.92 Å². The highest BCUT2D eigenvalue weighted by Crippen LogP contribution is 2.21. The van der Waals surface area contributed by atoms with Crippen LogP contribution in [0.15, 0.2) is 12.4 Å². The quantitative estimate of drug-likeness (QED) is 0.808. The van der Waals surface area contributed by atoms with Crippen LogP contribution in [0.3, 0.4) is 0 Å². The van der Waals surface area contributed by atoms with Crippen LogP contribution in [0.4, 0.5) is 5.95 Å². The maximum atomic E-state index is 6.02. The standard InChI is InChI=1S/C11H20N4/c1-3-5-14-6-4-13-11(14)15-7-9(2)10(12)8-15/h4,6,9-10H,3,5,7-8,12H2,1-2H3. The maximum absolute atomic E-state index is 6.02. The van der Waals surface area contributed by atoms with E-state index in [0.29, 0.717) is 5.92 Å². The molecule has 1 aliphatic rings. The van der Waals surface area contributed by atoms with Gasteiger partial charge in [-0.3, -0.25) is 0 Å². The molecule has 4 heteroatoms. The first-order chi connectivity index (χ1) is 7.22. The van der Waals surface area contributed by atoms with Crippen LogP contribution in [0.25, 0.3) is 0 Å². The molecule has 0 spiro atoms. The molecule has 0 radical (unpaired) electrons. The molecule has 15 heavy (non-hydrogen) atoms. The van der Waals surface area contributed by atoms with Gasteiger partial charge < -0.3 is 15.2 Å².